The maximum Gasteiger partial charge on any atom is 0.416 e. The third-order valence-corrected chi connectivity index (χ3v) is 7.96. The second kappa shape index (κ2) is 12.2. The zero-order chi connectivity index (χ0) is 28.1. The van der Waals surface area contributed by atoms with Gasteiger partial charge < -0.3 is 26.4 Å². The number of nitrogens with zero attached hydrogens (tertiary/aromatic N) is 2. The monoisotopic (exact) mass is 577 g/mol. The van der Waals surface area contributed by atoms with Gasteiger partial charge in [-0.1, -0.05) is 11.6 Å². The summed E-state index contributed by atoms with van der Waals surface area (Å²) in [5.41, 5.74) is 4.67. The molecule has 0 aliphatic carbocycles. The predicted octanol–water partition coefficient (Wildman–Crippen LogP) is 2.62. The second-order valence-corrected chi connectivity index (χ2v) is 10.9. The standard InChI is InChI=1S/C23H27ClF3N5O5S/c24-16-12-15(23(25,26)27)13-18(14-16)31-8-10-32(11-9-31)38(36,37)19-5-3-17(4-6-19)30-22(35)29-7-1-2-20(33)21(28)34/h3-6,12-14,20,33H,1-2,7-11H2,(H2,28,34)(H2,29,30,35). The summed E-state index contributed by atoms with van der Waals surface area (Å²) >= 11 is 5.87. The lowest BCUT2D eigenvalue weighted by Gasteiger charge is -2.35. The smallest absolute Gasteiger partial charge is 0.383 e. The molecule has 15 heteroatoms. The van der Waals surface area contributed by atoms with Gasteiger partial charge in [-0.3, -0.25) is 4.79 Å². The molecule has 1 atom stereocenters. The summed E-state index contributed by atoms with van der Waals surface area (Å²) in [7, 11) is -3.87. The largest absolute Gasteiger partial charge is 0.416 e. The summed E-state index contributed by atoms with van der Waals surface area (Å²) in [4.78, 5) is 24.4. The fourth-order valence-corrected chi connectivity index (χ4v) is 5.43. The first-order chi connectivity index (χ1) is 17.8. The molecular formula is C23H27ClF3N5O5S. The van der Waals surface area contributed by atoms with Crippen LogP contribution in [0, 0.1) is 0 Å². The molecule has 0 bridgehead atoms. The quantitative estimate of drug-likeness (QED) is 0.337. The van der Waals surface area contributed by atoms with E-state index in [0.29, 0.717) is 12.1 Å². The Morgan fingerprint density at radius 3 is 2.29 bits per heavy atom. The molecule has 1 fully saturated rings. The van der Waals surface area contributed by atoms with Crippen molar-refractivity contribution in [3.63, 3.8) is 0 Å². The maximum absolute atomic E-state index is 13.1. The highest BCUT2D eigenvalue weighted by atomic mass is 35.5. The lowest BCUT2D eigenvalue weighted by atomic mass is 10.1. The molecule has 2 aromatic rings. The summed E-state index contributed by atoms with van der Waals surface area (Å²) in [6, 6.07) is 8.20. The zero-order valence-corrected chi connectivity index (χ0v) is 21.6. The SMILES string of the molecule is NC(=O)C(O)CCCNC(=O)Nc1ccc(S(=O)(=O)N2CCN(c3cc(Cl)cc(C(F)(F)F)c3)CC2)cc1. The number of rotatable bonds is 9. The molecule has 10 nitrogen and oxygen atoms in total. The number of sulfonamides is 1. The Labute approximate surface area is 222 Å². The Balaban J connectivity index is 1.54. The lowest BCUT2D eigenvalue weighted by Crippen LogP contribution is -2.48. The molecule has 3 rings (SSSR count). The average molecular weight is 578 g/mol. The van der Waals surface area contributed by atoms with Crippen molar-refractivity contribution in [1.29, 1.82) is 0 Å². The second-order valence-electron chi connectivity index (χ2n) is 8.55. The number of aliphatic hydroxyl groups excluding tert-OH is 1. The number of alkyl halides is 3. The van der Waals surface area contributed by atoms with Crippen LogP contribution in [0.25, 0.3) is 0 Å². The molecule has 0 spiro atoms. The molecule has 5 N–H and O–H groups in total. The number of piperazine rings is 1. The Morgan fingerprint density at radius 2 is 1.71 bits per heavy atom. The first-order valence-electron chi connectivity index (χ1n) is 11.5. The van der Waals surface area contributed by atoms with Gasteiger partial charge in [0.25, 0.3) is 0 Å². The van der Waals surface area contributed by atoms with Crippen LogP contribution in [0.1, 0.15) is 18.4 Å². The highest BCUT2D eigenvalue weighted by Gasteiger charge is 2.33. The molecule has 208 valence electrons. The molecule has 1 heterocycles. The zero-order valence-electron chi connectivity index (χ0n) is 20.0. The number of aliphatic hydroxyl groups is 1. The van der Waals surface area contributed by atoms with Gasteiger partial charge in [0.05, 0.1) is 10.5 Å². The molecular weight excluding hydrogens is 551 g/mol. The van der Waals surface area contributed by atoms with Crippen LogP contribution in [0.4, 0.5) is 29.3 Å². The summed E-state index contributed by atoms with van der Waals surface area (Å²) in [6.07, 6.45) is -5.41. The van der Waals surface area contributed by atoms with E-state index in [2.05, 4.69) is 10.6 Å². The van der Waals surface area contributed by atoms with Crippen LogP contribution in [0.3, 0.4) is 0 Å². The van der Waals surface area contributed by atoms with Gasteiger partial charge in [-0.05, 0) is 55.3 Å². The highest BCUT2D eigenvalue weighted by molar-refractivity contribution is 7.89. The number of nitrogens with one attached hydrogen (secondary N) is 2. The molecule has 0 radical (unpaired) electrons. The van der Waals surface area contributed by atoms with Gasteiger partial charge in [-0.2, -0.15) is 17.5 Å². The third-order valence-electron chi connectivity index (χ3n) is 5.83. The number of hydrogen-bond acceptors (Lipinski definition) is 6. The fraction of sp³-hybridized carbons (Fsp3) is 0.391. The van der Waals surface area contributed by atoms with Crippen LogP contribution in [0.15, 0.2) is 47.4 Å². The van der Waals surface area contributed by atoms with E-state index >= 15 is 0 Å². The van der Waals surface area contributed by atoms with Crippen LogP contribution in [0.2, 0.25) is 5.02 Å². The van der Waals surface area contributed by atoms with Gasteiger partial charge >= 0.3 is 12.2 Å². The topological polar surface area (TPSA) is 145 Å². The summed E-state index contributed by atoms with van der Waals surface area (Å²) in [6.45, 7) is 0.647. The van der Waals surface area contributed by atoms with E-state index in [1.165, 1.54) is 34.6 Å². The van der Waals surface area contributed by atoms with E-state index in [0.717, 1.165) is 12.1 Å². The number of hydrogen-bond donors (Lipinski definition) is 4. The van der Waals surface area contributed by atoms with Crippen molar-refractivity contribution < 1.29 is 36.3 Å². The minimum atomic E-state index is -4.55. The first kappa shape index (κ1) is 29.5. The molecule has 0 saturated carbocycles. The van der Waals surface area contributed by atoms with E-state index in [9.17, 15) is 36.3 Å². The van der Waals surface area contributed by atoms with Crippen LogP contribution in [-0.2, 0) is 21.0 Å². The molecule has 38 heavy (non-hydrogen) atoms. The van der Waals surface area contributed by atoms with Gasteiger partial charge in [0, 0.05) is 49.1 Å². The summed E-state index contributed by atoms with van der Waals surface area (Å²) in [5.74, 6) is -0.841. The number of nitrogens with two attached hydrogens (primary N) is 1. The Hall–Kier alpha value is -3.07. The third kappa shape index (κ3) is 7.72. The van der Waals surface area contributed by atoms with Gasteiger partial charge in [0.1, 0.15) is 6.10 Å². The van der Waals surface area contributed by atoms with E-state index in [1.54, 1.807) is 4.90 Å². The van der Waals surface area contributed by atoms with E-state index in [1.807, 2.05) is 0 Å². The van der Waals surface area contributed by atoms with Crippen LogP contribution in [0.5, 0.6) is 0 Å². The van der Waals surface area contributed by atoms with Crippen molar-refractivity contribution in [3.05, 3.63) is 53.1 Å². The maximum atomic E-state index is 13.1. The molecule has 1 unspecified atom stereocenters. The van der Waals surface area contributed by atoms with E-state index < -0.39 is 39.8 Å². The van der Waals surface area contributed by atoms with Gasteiger partial charge in [0.2, 0.25) is 15.9 Å². The minimum Gasteiger partial charge on any atom is -0.383 e. The molecule has 0 aromatic heterocycles. The number of anilines is 2. The number of urea groups is 1. The Morgan fingerprint density at radius 1 is 1.08 bits per heavy atom. The van der Waals surface area contributed by atoms with Crippen molar-refractivity contribution in [2.24, 2.45) is 5.73 Å². The number of halogens is 4. The van der Waals surface area contributed by atoms with E-state index in [-0.39, 0.29) is 54.8 Å². The fourth-order valence-electron chi connectivity index (χ4n) is 3.78. The lowest BCUT2D eigenvalue weighted by molar-refractivity contribution is -0.137. The van der Waals surface area contributed by atoms with Crippen LogP contribution < -0.4 is 21.3 Å². The minimum absolute atomic E-state index is 0.000499. The van der Waals surface area contributed by atoms with Crippen molar-refractivity contribution >= 4 is 44.9 Å². The number of amides is 3. The van der Waals surface area contributed by atoms with Crippen molar-refractivity contribution in [2.75, 3.05) is 42.9 Å². The molecule has 1 aliphatic rings. The summed E-state index contributed by atoms with van der Waals surface area (Å²) in [5, 5.41) is 14.3. The van der Waals surface area contributed by atoms with Crippen LogP contribution >= 0.6 is 11.6 Å². The Kier molecular flexibility index (Phi) is 9.46. The normalized spacial score (nSPS) is 15.7. The average Bonchev–Trinajstić information content (AvgIpc) is 2.86. The first-order valence-corrected chi connectivity index (χ1v) is 13.3. The Bertz CT molecular complexity index is 1250. The van der Waals surface area contributed by atoms with Gasteiger partial charge in [-0.15, -0.1) is 0 Å². The predicted molar refractivity (Wildman–Crippen MR) is 135 cm³/mol. The number of benzene rings is 2. The van der Waals surface area contributed by atoms with Crippen molar-refractivity contribution in [3.8, 4) is 0 Å². The summed E-state index contributed by atoms with van der Waals surface area (Å²) < 4.78 is 66.8. The number of primary amides is 1. The van der Waals surface area contributed by atoms with Crippen molar-refractivity contribution in [2.45, 2.75) is 30.0 Å². The van der Waals surface area contributed by atoms with Gasteiger partial charge in [-0.25, -0.2) is 13.2 Å². The van der Waals surface area contributed by atoms with Crippen LogP contribution in [-0.4, -0.2) is 68.6 Å². The molecule has 1 aliphatic heterocycles. The molecule has 2 aromatic carbocycles. The van der Waals surface area contributed by atoms with Gasteiger partial charge in [0.15, 0.2) is 0 Å². The highest BCUT2D eigenvalue weighted by Crippen LogP contribution is 2.35. The number of carbonyl (C=O) groups is 2. The molecule has 3 amide bonds. The van der Waals surface area contributed by atoms with E-state index in [4.69, 9.17) is 17.3 Å². The molecule has 1 saturated heterocycles. The van der Waals surface area contributed by atoms with Crippen molar-refractivity contribution in [1.82, 2.24) is 9.62 Å². The number of carbonyl (C=O) groups excluding carboxylic acids is 2.